The molecule has 2 bridgehead atoms. The molecule has 4 rings (SSSR count). The van der Waals surface area contributed by atoms with E-state index in [4.69, 9.17) is 4.74 Å². The molecule has 2 aliphatic rings. The number of carboxylic acids is 1. The lowest BCUT2D eigenvalue weighted by Gasteiger charge is -2.30. The Balaban J connectivity index is 1.70. The van der Waals surface area contributed by atoms with E-state index < -0.39 is 23.8 Å². The van der Waals surface area contributed by atoms with Crippen LogP contribution in [0.3, 0.4) is 0 Å². The number of anilines is 1. The van der Waals surface area contributed by atoms with Crippen molar-refractivity contribution in [2.45, 2.75) is 33.1 Å². The maximum atomic E-state index is 13.1. The van der Waals surface area contributed by atoms with Crippen molar-refractivity contribution in [3.8, 4) is 11.1 Å². The molecule has 2 saturated carbocycles. The molecule has 1 aromatic carbocycles. The van der Waals surface area contributed by atoms with Crippen molar-refractivity contribution in [2.75, 3.05) is 12.4 Å². The zero-order chi connectivity index (χ0) is 21.6. The first-order chi connectivity index (χ1) is 14.3. The second-order valence-corrected chi connectivity index (χ2v) is 9.51. The molecule has 6 nitrogen and oxygen atoms in total. The van der Waals surface area contributed by atoms with Gasteiger partial charge in [-0.15, -0.1) is 11.3 Å². The van der Waals surface area contributed by atoms with Crippen LogP contribution in [0.1, 0.15) is 40.1 Å². The molecule has 0 unspecified atom stereocenters. The second-order valence-electron chi connectivity index (χ2n) is 8.29. The average Bonchev–Trinajstić information content (AvgIpc) is 3.41. The smallest absolute Gasteiger partial charge is 0.341 e. The molecule has 2 aromatic rings. The number of rotatable bonds is 5. The molecule has 158 valence electrons. The topological polar surface area (TPSA) is 95.5 Å². The number of methoxy groups -OCH3 is 1. The first-order valence-corrected chi connectivity index (χ1v) is 10.9. The van der Waals surface area contributed by atoms with Crippen LogP contribution in [0.15, 0.2) is 24.3 Å². The number of carbonyl (C=O) groups excluding carboxylic acids is 3. The number of carboxylic acid groups (broad SMARTS) is 1. The third-order valence-corrected chi connectivity index (χ3v) is 7.56. The fourth-order valence-electron chi connectivity index (χ4n) is 5.20. The molecule has 30 heavy (non-hydrogen) atoms. The highest BCUT2D eigenvalue weighted by atomic mass is 32.1. The molecule has 7 heteroatoms. The van der Waals surface area contributed by atoms with E-state index >= 15 is 0 Å². The van der Waals surface area contributed by atoms with Crippen molar-refractivity contribution in [1.82, 2.24) is 0 Å². The summed E-state index contributed by atoms with van der Waals surface area (Å²) < 4.78 is 5.00. The van der Waals surface area contributed by atoms with Gasteiger partial charge in [0.2, 0.25) is 5.91 Å². The van der Waals surface area contributed by atoms with E-state index in [0.29, 0.717) is 10.6 Å². The van der Waals surface area contributed by atoms with E-state index in [0.717, 1.165) is 40.8 Å². The third kappa shape index (κ3) is 3.41. The molecule has 2 fully saturated rings. The van der Waals surface area contributed by atoms with Crippen molar-refractivity contribution < 1.29 is 24.2 Å². The zero-order valence-electron chi connectivity index (χ0n) is 17.2. The summed E-state index contributed by atoms with van der Waals surface area (Å²) in [5.74, 6) is -3.36. The number of nitrogens with one attached hydrogen (secondary N) is 1. The van der Waals surface area contributed by atoms with Gasteiger partial charge >= 0.3 is 5.97 Å². The number of aliphatic carboxylic acids is 1. The summed E-state index contributed by atoms with van der Waals surface area (Å²) in [6.07, 6.45) is 2.43. The van der Waals surface area contributed by atoms with Crippen LogP contribution in [0.4, 0.5) is 5.00 Å². The van der Waals surface area contributed by atoms with Crippen LogP contribution in [-0.4, -0.2) is 25.0 Å². The maximum Gasteiger partial charge on any atom is 0.341 e. The van der Waals surface area contributed by atoms with Gasteiger partial charge < -0.3 is 20.0 Å². The number of carbonyl (C=O) groups is 3. The van der Waals surface area contributed by atoms with Gasteiger partial charge in [-0.05, 0) is 50.5 Å². The number of aryl methyl sites for hydroxylation is 2. The lowest BCUT2D eigenvalue weighted by atomic mass is 9.78. The van der Waals surface area contributed by atoms with Crippen molar-refractivity contribution in [3.05, 3.63) is 40.3 Å². The fourth-order valence-corrected chi connectivity index (χ4v) is 6.27. The lowest BCUT2D eigenvalue weighted by Crippen LogP contribution is -2.44. The Morgan fingerprint density at radius 1 is 1.07 bits per heavy atom. The molecular formula is C23H24NO5S-. The van der Waals surface area contributed by atoms with Crippen molar-refractivity contribution in [1.29, 1.82) is 0 Å². The summed E-state index contributed by atoms with van der Waals surface area (Å²) in [7, 11) is 1.31. The van der Waals surface area contributed by atoms with Gasteiger partial charge in [0, 0.05) is 28.2 Å². The Bertz CT molecular complexity index is 1010. The third-order valence-electron chi connectivity index (χ3n) is 6.54. The minimum Gasteiger partial charge on any atom is -0.550 e. The highest BCUT2D eigenvalue weighted by Gasteiger charge is 2.51. The van der Waals surface area contributed by atoms with Crippen LogP contribution in [-0.2, 0) is 14.3 Å². The van der Waals surface area contributed by atoms with E-state index in [-0.39, 0.29) is 17.7 Å². The number of amides is 1. The van der Waals surface area contributed by atoms with Gasteiger partial charge in [0.05, 0.1) is 7.11 Å². The quantitative estimate of drug-likeness (QED) is 0.741. The Hall–Kier alpha value is -2.67. The summed E-state index contributed by atoms with van der Waals surface area (Å²) in [4.78, 5) is 38.3. The highest BCUT2D eigenvalue weighted by molar-refractivity contribution is 7.17. The molecule has 0 aliphatic heterocycles. The van der Waals surface area contributed by atoms with Crippen molar-refractivity contribution >= 4 is 34.2 Å². The molecule has 2 aliphatic carbocycles. The normalized spacial score (nSPS) is 24.6. The number of hydrogen-bond acceptors (Lipinski definition) is 6. The minimum absolute atomic E-state index is 0.00372. The number of benzene rings is 1. The Labute approximate surface area is 179 Å². The SMILES string of the molecule is COC(=O)c1c(NC(=O)[C@@H]2[C@H]3CC[C@@H](C3)[C@H]2C(=O)[O-])sc(C)c1-c1ccc(C)cc1. The fraction of sp³-hybridized carbons (Fsp3) is 0.435. The van der Waals surface area contributed by atoms with Gasteiger partial charge in [-0.25, -0.2) is 4.79 Å². The van der Waals surface area contributed by atoms with E-state index in [9.17, 15) is 19.5 Å². The summed E-state index contributed by atoms with van der Waals surface area (Å²) in [6.45, 7) is 3.88. The van der Waals surface area contributed by atoms with Crippen LogP contribution in [0.25, 0.3) is 11.1 Å². The van der Waals surface area contributed by atoms with Gasteiger partial charge in [-0.3, -0.25) is 4.79 Å². The molecule has 4 atom stereocenters. The molecule has 0 spiro atoms. The number of hydrogen-bond donors (Lipinski definition) is 1. The predicted molar refractivity (Wildman–Crippen MR) is 112 cm³/mol. The van der Waals surface area contributed by atoms with Crippen LogP contribution in [0.2, 0.25) is 0 Å². The largest absolute Gasteiger partial charge is 0.550 e. The molecule has 1 aromatic heterocycles. The number of esters is 1. The Kier molecular flexibility index (Phi) is 5.40. The summed E-state index contributed by atoms with van der Waals surface area (Å²) >= 11 is 1.30. The summed E-state index contributed by atoms with van der Waals surface area (Å²) in [5, 5.41) is 15.0. The average molecular weight is 427 g/mol. The molecule has 1 heterocycles. The Morgan fingerprint density at radius 2 is 1.70 bits per heavy atom. The minimum atomic E-state index is -1.15. The maximum absolute atomic E-state index is 13.1. The molecule has 1 amide bonds. The number of thiophene rings is 1. The first-order valence-electron chi connectivity index (χ1n) is 10.1. The first kappa shape index (κ1) is 20.6. The molecular weight excluding hydrogens is 402 g/mol. The van der Waals surface area contributed by atoms with Gasteiger partial charge in [-0.1, -0.05) is 29.8 Å². The van der Waals surface area contributed by atoms with Crippen LogP contribution in [0.5, 0.6) is 0 Å². The van der Waals surface area contributed by atoms with E-state index in [1.165, 1.54) is 18.4 Å². The van der Waals surface area contributed by atoms with Gasteiger partial charge in [0.1, 0.15) is 10.6 Å². The Morgan fingerprint density at radius 3 is 2.30 bits per heavy atom. The standard InChI is InChI=1S/C23H25NO5S/c1-11-4-6-13(7-5-11)16-12(2)30-21(19(16)23(28)29-3)24-20(25)17-14-8-9-15(10-14)18(17)22(26)27/h4-7,14-15,17-18H,8-10H2,1-3H3,(H,24,25)(H,26,27)/p-1/t14-,15-,17+,18+/m0/s1. The lowest BCUT2D eigenvalue weighted by molar-refractivity contribution is -0.314. The van der Waals surface area contributed by atoms with Crippen LogP contribution in [0, 0.1) is 37.5 Å². The van der Waals surface area contributed by atoms with Crippen molar-refractivity contribution in [3.63, 3.8) is 0 Å². The van der Waals surface area contributed by atoms with Crippen molar-refractivity contribution in [2.24, 2.45) is 23.7 Å². The molecule has 0 saturated heterocycles. The number of fused-ring (bicyclic) bond motifs is 2. The molecule has 0 radical (unpaired) electrons. The summed E-state index contributed by atoms with van der Waals surface area (Å²) in [5.41, 5.74) is 3.00. The van der Waals surface area contributed by atoms with E-state index in [1.54, 1.807) is 0 Å². The van der Waals surface area contributed by atoms with E-state index in [1.807, 2.05) is 38.1 Å². The van der Waals surface area contributed by atoms with Crippen LogP contribution < -0.4 is 10.4 Å². The second kappa shape index (κ2) is 7.87. The van der Waals surface area contributed by atoms with Crippen LogP contribution >= 0.6 is 11.3 Å². The van der Waals surface area contributed by atoms with Gasteiger partial charge in [0.25, 0.3) is 0 Å². The number of ether oxygens (including phenoxy) is 1. The zero-order valence-corrected chi connectivity index (χ0v) is 18.0. The van der Waals surface area contributed by atoms with Gasteiger partial charge in [0.15, 0.2) is 0 Å². The predicted octanol–water partition coefficient (Wildman–Crippen LogP) is 3.17. The molecule has 1 N–H and O–H groups in total. The summed E-state index contributed by atoms with van der Waals surface area (Å²) in [6, 6.07) is 7.80. The highest BCUT2D eigenvalue weighted by Crippen LogP contribution is 2.52. The van der Waals surface area contributed by atoms with E-state index in [2.05, 4.69) is 5.32 Å². The van der Waals surface area contributed by atoms with Gasteiger partial charge in [-0.2, -0.15) is 0 Å². The monoisotopic (exact) mass is 426 g/mol.